The van der Waals surface area contributed by atoms with Crippen molar-refractivity contribution >= 4 is 16.5 Å². The average Bonchev–Trinajstić information content (AvgIpc) is 2.48. The molecule has 1 heterocycles. The van der Waals surface area contributed by atoms with E-state index in [1.807, 2.05) is 32.0 Å². The lowest BCUT2D eigenvalue weighted by Crippen LogP contribution is -1.94. The number of fused-ring (bicyclic) bond motifs is 1. The molecule has 0 atom stereocenters. The van der Waals surface area contributed by atoms with E-state index in [9.17, 15) is 8.78 Å². The van der Waals surface area contributed by atoms with Gasteiger partial charge in [-0.2, -0.15) is 0 Å². The van der Waals surface area contributed by atoms with E-state index in [-0.39, 0.29) is 0 Å². The fraction of sp³-hybridized carbons (Fsp3) is 0.105. The number of halogens is 2. The molecule has 0 bridgehead atoms. The van der Waals surface area contributed by atoms with Gasteiger partial charge in [0.25, 0.3) is 0 Å². The van der Waals surface area contributed by atoms with Crippen molar-refractivity contribution in [1.29, 1.82) is 0 Å². The number of benzene rings is 2. The van der Waals surface area contributed by atoms with Gasteiger partial charge in [0, 0.05) is 22.7 Å². The summed E-state index contributed by atoms with van der Waals surface area (Å²) in [6.45, 7) is 7.83. The summed E-state index contributed by atoms with van der Waals surface area (Å²) in [6, 6.07) is 9.86. The van der Waals surface area contributed by atoms with Gasteiger partial charge in [0.1, 0.15) is 0 Å². The number of nitrogens with zero attached hydrogens (tertiary/aromatic N) is 1. The molecule has 0 unspecified atom stereocenters. The molecule has 22 heavy (non-hydrogen) atoms. The van der Waals surface area contributed by atoms with E-state index < -0.39 is 11.6 Å². The van der Waals surface area contributed by atoms with Crippen LogP contribution in [-0.2, 0) is 0 Å². The first-order valence-electron chi connectivity index (χ1n) is 6.98. The third kappa shape index (κ3) is 2.39. The van der Waals surface area contributed by atoms with Gasteiger partial charge in [0.05, 0.1) is 5.52 Å². The molecule has 0 radical (unpaired) electrons. The molecule has 3 aromatic rings. The summed E-state index contributed by atoms with van der Waals surface area (Å²) < 4.78 is 26.9. The summed E-state index contributed by atoms with van der Waals surface area (Å²) in [6.07, 6.45) is 1.74. The Morgan fingerprint density at radius 1 is 1.05 bits per heavy atom. The van der Waals surface area contributed by atoms with E-state index in [0.717, 1.165) is 39.2 Å². The van der Waals surface area contributed by atoms with Crippen LogP contribution in [0.3, 0.4) is 0 Å². The summed E-state index contributed by atoms with van der Waals surface area (Å²) in [5, 5.41) is 0.900. The topological polar surface area (TPSA) is 12.9 Å². The van der Waals surface area contributed by atoms with Gasteiger partial charge in [-0.25, -0.2) is 8.78 Å². The van der Waals surface area contributed by atoms with Crippen molar-refractivity contribution in [3.05, 3.63) is 71.9 Å². The molecule has 0 aliphatic heterocycles. The number of pyridine rings is 1. The van der Waals surface area contributed by atoms with Crippen LogP contribution in [0.5, 0.6) is 0 Å². The quantitative estimate of drug-likeness (QED) is 0.606. The van der Waals surface area contributed by atoms with Crippen LogP contribution in [-0.4, -0.2) is 4.98 Å². The predicted molar refractivity (Wildman–Crippen MR) is 86.5 cm³/mol. The third-order valence-electron chi connectivity index (χ3n) is 3.69. The zero-order valence-electron chi connectivity index (χ0n) is 12.5. The molecule has 0 spiro atoms. The second-order valence-electron chi connectivity index (χ2n) is 5.48. The molecule has 0 fully saturated rings. The molecule has 0 aliphatic carbocycles. The number of aromatic nitrogens is 1. The van der Waals surface area contributed by atoms with Crippen LogP contribution >= 0.6 is 0 Å². The maximum absolute atomic E-state index is 13.6. The van der Waals surface area contributed by atoms with Gasteiger partial charge in [-0.1, -0.05) is 24.8 Å². The number of aryl methyl sites for hydroxylation is 1. The lowest BCUT2D eigenvalue weighted by Gasteiger charge is -2.13. The van der Waals surface area contributed by atoms with E-state index in [1.54, 1.807) is 12.3 Å². The smallest absolute Gasteiger partial charge is 0.159 e. The van der Waals surface area contributed by atoms with Crippen molar-refractivity contribution < 1.29 is 8.78 Å². The van der Waals surface area contributed by atoms with Gasteiger partial charge >= 0.3 is 0 Å². The maximum atomic E-state index is 13.6. The molecule has 3 rings (SSSR count). The monoisotopic (exact) mass is 295 g/mol. The molecule has 0 amide bonds. The van der Waals surface area contributed by atoms with Crippen LogP contribution in [0, 0.1) is 18.6 Å². The van der Waals surface area contributed by atoms with E-state index >= 15 is 0 Å². The average molecular weight is 295 g/mol. The Hall–Kier alpha value is -2.55. The zero-order valence-corrected chi connectivity index (χ0v) is 12.5. The highest BCUT2D eigenvalue weighted by molar-refractivity contribution is 6.00. The van der Waals surface area contributed by atoms with Crippen molar-refractivity contribution in [2.24, 2.45) is 0 Å². The normalized spacial score (nSPS) is 10.9. The molecule has 3 heteroatoms. The number of allylic oxidation sites excluding steroid dienone is 1. The van der Waals surface area contributed by atoms with Crippen LogP contribution in [0.4, 0.5) is 8.78 Å². The highest BCUT2D eigenvalue weighted by atomic mass is 19.2. The fourth-order valence-corrected chi connectivity index (χ4v) is 2.59. The summed E-state index contributed by atoms with van der Waals surface area (Å²) >= 11 is 0. The van der Waals surface area contributed by atoms with Crippen molar-refractivity contribution in [2.75, 3.05) is 0 Å². The Morgan fingerprint density at radius 2 is 1.82 bits per heavy atom. The Morgan fingerprint density at radius 3 is 2.50 bits per heavy atom. The second kappa shape index (κ2) is 5.34. The van der Waals surface area contributed by atoms with Crippen molar-refractivity contribution in [3.8, 4) is 11.1 Å². The molecule has 2 aromatic carbocycles. The molecule has 110 valence electrons. The van der Waals surface area contributed by atoms with E-state index in [1.165, 1.54) is 6.07 Å². The predicted octanol–water partition coefficient (Wildman–Crippen LogP) is 5.52. The largest absolute Gasteiger partial charge is 0.256 e. The van der Waals surface area contributed by atoms with Crippen molar-refractivity contribution in [1.82, 2.24) is 4.98 Å². The molecule has 1 nitrogen and oxygen atoms in total. The SMILES string of the molecule is C=C(C)c1cnc2cc(C)ccc2c1-c1ccc(F)c(F)c1. The van der Waals surface area contributed by atoms with Gasteiger partial charge in [-0.15, -0.1) is 0 Å². The standard InChI is InChI=1S/C19H15F2N/c1-11(2)15-10-22-18-8-12(3)4-6-14(18)19(15)13-5-7-16(20)17(21)9-13/h4-10H,1H2,2-3H3. The van der Waals surface area contributed by atoms with E-state index in [0.29, 0.717) is 5.56 Å². The highest BCUT2D eigenvalue weighted by Crippen LogP contribution is 2.35. The molecule has 0 saturated carbocycles. The van der Waals surface area contributed by atoms with E-state index in [2.05, 4.69) is 11.6 Å². The Kier molecular flexibility index (Phi) is 3.49. The van der Waals surface area contributed by atoms with Gasteiger partial charge < -0.3 is 0 Å². The minimum Gasteiger partial charge on any atom is -0.256 e. The summed E-state index contributed by atoms with van der Waals surface area (Å²) in [5.74, 6) is -1.71. The van der Waals surface area contributed by atoms with Crippen molar-refractivity contribution in [3.63, 3.8) is 0 Å². The number of rotatable bonds is 2. The van der Waals surface area contributed by atoms with Gasteiger partial charge in [-0.3, -0.25) is 4.98 Å². The third-order valence-corrected chi connectivity index (χ3v) is 3.69. The molecule has 0 aliphatic rings. The second-order valence-corrected chi connectivity index (χ2v) is 5.48. The lowest BCUT2D eigenvalue weighted by molar-refractivity contribution is 0.509. The summed E-state index contributed by atoms with van der Waals surface area (Å²) in [5.41, 5.74) is 5.03. The first-order chi connectivity index (χ1) is 10.5. The van der Waals surface area contributed by atoms with Gasteiger partial charge in [0.2, 0.25) is 0 Å². The van der Waals surface area contributed by atoms with Crippen LogP contribution in [0.1, 0.15) is 18.1 Å². The number of hydrogen-bond acceptors (Lipinski definition) is 1. The highest BCUT2D eigenvalue weighted by Gasteiger charge is 2.14. The molecule has 0 N–H and O–H groups in total. The van der Waals surface area contributed by atoms with Gasteiger partial charge in [-0.05, 0) is 48.7 Å². The minimum atomic E-state index is -0.859. The molecule has 1 aromatic heterocycles. The Labute approximate surface area is 127 Å². The zero-order chi connectivity index (χ0) is 15.9. The first kappa shape index (κ1) is 14.4. The van der Waals surface area contributed by atoms with Gasteiger partial charge in [0.15, 0.2) is 11.6 Å². The molecular formula is C19H15F2N. The Balaban J connectivity index is 2.40. The summed E-state index contributed by atoms with van der Waals surface area (Å²) in [4.78, 5) is 4.46. The molecular weight excluding hydrogens is 280 g/mol. The summed E-state index contributed by atoms with van der Waals surface area (Å²) in [7, 11) is 0. The minimum absolute atomic E-state index is 0.619. The van der Waals surface area contributed by atoms with Crippen LogP contribution in [0.15, 0.2) is 49.2 Å². The van der Waals surface area contributed by atoms with Crippen molar-refractivity contribution in [2.45, 2.75) is 13.8 Å². The lowest BCUT2D eigenvalue weighted by atomic mass is 9.93. The van der Waals surface area contributed by atoms with Crippen LogP contribution in [0.2, 0.25) is 0 Å². The number of hydrogen-bond donors (Lipinski definition) is 0. The maximum Gasteiger partial charge on any atom is 0.159 e. The van der Waals surface area contributed by atoms with Crippen LogP contribution < -0.4 is 0 Å². The Bertz CT molecular complexity index is 897. The fourth-order valence-electron chi connectivity index (χ4n) is 2.59. The van der Waals surface area contributed by atoms with E-state index in [4.69, 9.17) is 0 Å². The van der Waals surface area contributed by atoms with Crippen LogP contribution in [0.25, 0.3) is 27.6 Å². The first-order valence-corrected chi connectivity index (χ1v) is 6.98. The molecule has 0 saturated heterocycles.